The second kappa shape index (κ2) is 27.3. The van der Waals surface area contributed by atoms with Crippen molar-refractivity contribution in [1.29, 1.82) is 0 Å². The number of nitrogen functional groups attached to an aromatic ring is 1. The maximum Gasteiger partial charge on any atom is 0.498 e. The first-order valence-corrected chi connectivity index (χ1v) is 23.6. The molecule has 25 heteroatoms. The Labute approximate surface area is 432 Å². The van der Waals surface area contributed by atoms with E-state index < -0.39 is 0 Å². The van der Waals surface area contributed by atoms with Crippen LogP contribution >= 0.6 is 75.3 Å². The molecule has 0 aliphatic carbocycles. The number of hydrogen-bond acceptors (Lipinski definition) is 16. The van der Waals surface area contributed by atoms with Crippen LogP contribution in [0.1, 0.15) is 96.8 Å². The summed E-state index contributed by atoms with van der Waals surface area (Å²) in [5, 5.41) is 0.477. The minimum absolute atomic E-state index is 0. The van der Waals surface area contributed by atoms with Gasteiger partial charge in [-0.2, -0.15) is 0 Å². The summed E-state index contributed by atoms with van der Waals surface area (Å²) >= 11 is 18.7. The number of rotatable bonds is 2. The van der Waals surface area contributed by atoms with Crippen molar-refractivity contribution in [2.75, 3.05) is 5.43 Å². The van der Waals surface area contributed by atoms with Gasteiger partial charge in [0.05, 0.1) is 47.4 Å². The first-order valence-electron chi connectivity index (χ1n) is 20.0. The van der Waals surface area contributed by atoms with Crippen LogP contribution in [0.4, 0.5) is 5.82 Å². The normalized spacial score (nSPS) is 12.7. The molecule has 1 fully saturated rings. The average Bonchev–Trinajstić information content (AvgIpc) is 3.41. The number of hydrazine groups is 1. The Hall–Kier alpha value is -3.90. The van der Waals surface area contributed by atoms with Gasteiger partial charge in [0.25, 0.3) is 11.1 Å². The summed E-state index contributed by atoms with van der Waals surface area (Å²) in [6, 6.07) is 1.47. The molecule has 18 nitrogen and oxygen atoms in total. The molecule has 0 unspecified atom stereocenters. The molecule has 0 aromatic carbocycles. The highest BCUT2D eigenvalue weighted by molar-refractivity contribution is 9.11. The maximum absolute atomic E-state index is 10.9. The minimum atomic E-state index is -0.374. The van der Waals surface area contributed by atoms with E-state index in [9.17, 15) is 9.59 Å². The lowest BCUT2D eigenvalue weighted by molar-refractivity contribution is 0.00578. The predicted molar refractivity (Wildman–Crippen MR) is 280 cm³/mol. The number of nitrogens with one attached hydrogen (secondary N) is 3. The summed E-state index contributed by atoms with van der Waals surface area (Å²) < 4.78 is 15.0. The third-order valence-corrected chi connectivity index (χ3v) is 13.3. The van der Waals surface area contributed by atoms with Crippen LogP contribution in [0.2, 0.25) is 5.15 Å². The summed E-state index contributed by atoms with van der Waals surface area (Å²) in [4.78, 5) is 67.5. The van der Waals surface area contributed by atoms with E-state index in [0.717, 1.165) is 64.7 Å². The second-order valence-corrected chi connectivity index (χ2v) is 19.1. The molecule has 7 heterocycles. The fourth-order valence-electron chi connectivity index (χ4n) is 5.26. The van der Waals surface area contributed by atoms with Crippen molar-refractivity contribution in [1.82, 2.24) is 59.8 Å². The topological polar surface area (TPSA) is 251 Å². The maximum atomic E-state index is 10.9. The number of nitrogens with zero attached hydrogens (tertiary/aromatic N) is 10. The molecule has 6 aromatic rings. The van der Waals surface area contributed by atoms with E-state index >= 15 is 0 Å². The predicted octanol–water partition coefficient (Wildman–Crippen LogP) is 8.05. The van der Waals surface area contributed by atoms with Crippen molar-refractivity contribution in [3.8, 4) is 0 Å². The molecule has 0 saturated carbocycles. The highest BCUT2D eigenvalue weighted by Gasteiger charge is 2.52. The third-order valence-electron chi connectivity index (χ3n) is 9.17. The number of nitrogens with two attached hydrogens (primary N) is 1. The number of hydrogen-bond donors (Lipinski definition) is 4. The van der Waals surface area contributed by atoms with Crippen molar-refractivity contribution >= 4 is 102 Å². The Kier molecular flexibility index (Phi) is 24.9. The molecule has 359 valence electrons. The van der Waals surface area contributed by atoms with E-state index in [-0.39, 0.29) is 37.9 Å². The molecule has 3 radical (unpaired) electrons. The van der Waals surface area contributed by atoms with Gasteiger partial charge < -0.3 is 24.7 Å². The van der Waals surface area contributed by atoms with E-state index in [1.807, 2.05) is 83.1 Å². The molecular weight excluding hydrogens is 1140 g/mol. The molecule has 0 spiro atoms. The SMILES string of the molecule is Cc1cc(=O)[nH]c(C)n1.Cc1nc(C)c(Br)c(=O)[nH]1.Cc1nc(C)c(Br)c(Cl)n1.Cc1nc(C)c(Br)c(NN)n1.Cc1ncc(B2OC(C)(C)C(C)(C)O2)c(C)n1.Cc1ncc(Br)c(C)n1.[B]. The Morgan fingerprint density at radius 2 is 1.06 bits per heavy atom. The molecule has 1 aliphatic rings. The van der Waals surface area contributed by atoms with Crippen molar-refractivity contribution in [3.63, 3.8) is 0 Å². The summed E-state index contributed by atoms with van der Waals surface area (Å²) in [7, 11) is -0.374. The van der Waals surface area contributed by atoms with Crippen LogP contribution in [0, 0.1) is 83.1 Å². The van der Waals surface area contributed by atoms with Gasteiger partial charge in [0.1, 0.15) is 44.6 Å². The number of H-pyrrole nitrogens is 2. The van der Waals surface area contributed by atoms with Crippen LogP contribution in [0.5, 0.6) is 0 Å². The second-order valence-electron chi connectivity index (χ2n) is 15.5. The van der Waals surface area contributed by atoms with Crippen molar-refractivity contribution in [3.05, 3.63) is 131 Å². The quantitative estimate of drug-likeness (QED) is 0.0554. The molecular formula is C42H56B2Br4ClN14O4. The van der Waals surface area contributed by atoms with E-state index in [4.69, 9.17) is 26.8 Å². The first-order chi connectivity index (χ1) is 30.5. The van der Waals surface area contributed by atoms with Gasteiger partial charge in [-0.05, 0) is 174 Å². The van der Waals surface area contributed by atoms with E-state index in [1.54, 1.807) is 40.1 Å². The van der Waals surface area contributed by atoms with E-state index in [2.05, 4.69) is 129 Å². The fourth-order valence-corrected chi connectivity index (χ4v) is 6.36. The zero-order valence-corrected chi connectivity index (χ0v) is 47.6. The smallest absolute Gasteiger partial charge is 0.399 e. The lowest BCUT2D eigenvalue weighted by Crippen LogP contribution is -2.41. The van der Waals surface area contributed by atoms with Crippen LogP contribution < -0.4 is 27.8 Å². The molecule has 0 atom stereocenters. The Morgan fingerprint density at radius 1 is 0.597 bits per heavy atom. The molecule has 0 bridgehead atoms. The van der Waals surface area contributed by atoms with Crippen LogP contribution in [-0.4, -0.2) is 86.5 Å². The zero-order valence-electron chi connectivity index (χ0n) is 40.5. The largest absolute Gasteiger partial charge is 0.498 e. The van der Waals surface area contributed by atoms with E-state index in [1.165, 1.54) is 6.07 Å². The summed E-state index contributed by atoms with van der Waals surface area (Å²) in [5.41, 5.74) is 7.68. The minimum Gasteiger partial charge on any atom is -0.399 e. The molecule has 7 rings (SSSR count). The van der Waals surface area contributed by atoms with Gasteiger partial charge in [0.2, 0.25) is 0 Å². The molecule has 1 saturated heterocycles. The molecule has 6 aromatic heterocycles. The van der Waals surface area contributed by atoms with Gasteiger partial charge in [-0.25, -0.2) is 55.7 Å². The summed E-state index contributed by atoms with van der Waals surface area (Å²) in [6.45, 7) is 30.3. The summed E-state index contributed by atoms with van der Waals surface area (Å²) in [5.74, 6) is 10.1. The van der Waals surface area contributed by atoms with Crippen molar-refractivity contribution in [2.24, 2.45) is 5.84 Å². The number of aryl methyl sites for hydroxylation is 12. The van der Waals surface area contributed by atoms with Crippen LogP contribution in [-0.2, 0) is 9.31 Å². The fraction of sp³-hybridized carbons (Fsp3) is 0.429. The van der Waals surface area contributed by atoms with Gasteiger partial charge in [-0.1, -0.05) is 11.6 Å². The Bertz CT molecular complexity index is 2670. The molecule has 0 amide bonds. The zero-order chi connectivity index (χ0) is 50.4. The third kappa shape index (κ3) is 19.6. The van der Waals surface area contributed by atoms with Crippen molar-refractivity contribution < 1.29 is 9.31 Å². The molecule has 1 aliphatic heterocycles. The average molecular weight is 1200 g/mol. The monoisotopic (exact) mass is 1190 g/mol. The lowest BCUT2D eigenvalue weighted by atomic mass is 9.79. The standard InChI is InChI=1S/C12H19BN2O2.C6H6BrClN2.C6H9BrN4.C6H7BrN2O.C6H7BrN2.C6H8N2O.B/c1-8-10(7-14-9(2)15-8)13-16-11(3,4)12(5,6)17-13;1-3-5(7)6(8)10-4(2)9-3;1-3-5(7)6(11-8)10-4(2)9-3;1-3-5(7)6(10)9-4(2)8-3;1-4-6(7)3-8-5(2)9-4;1-4-3-6(9)8-5(2)7-4;/h7H,1-6H3;1-2H3;8H2,1-2H3,(H,9,10,11);1-2H3,(H,8,9,10);3H,1-2H3;3H,1-2H3,(H,7,8,9);. The van der Waals surface area contributed by atoms with E-state index in [0.29, 0.717) is 38.7 Å². The van der Waals surface area contributed by atoms with Gasteiger partial charge >= 0.3 is 7.12 Å². The van der Waals surface area contributed by atoms with Crippen LogP contribution in [0.3, 0.4) is 0 Å². The molecule has 5 N–H and O–H groups in total. The highest BCUT2D eigenvalue weighted by atomic mass is 79.9. The van der Waals surface area contributed by atoms with Gasteiger partial charge in [-0.15, -0.1) is 0 Å². The van der Waals surface area contributed by atoms with Gasteiger partial charge in [0.15, 0.2) is 5.82 Å². The Balaban J connectivity index is 0.000000408. The Morgan fingerprint density at radius 3 is 1.51 bits per heavy atom. The summed E-state index contributed by atoms with van der Waals surface area (Å²) in [6.07, 6.45) is 3.55. The highest BCUT2D eigenvalue weighted by Crippen LogP contribution is 2.36. The van der Waals surface area contributed by atoms with Crippen LogP contribution in [0.15, 0.2) is 45.9 Å². The van der Waals surface area contributed by atoms with Crippen LogP contribution in [0.25, 0.3) is 0 Å². The van der Waals surface area contributed by atoms with Gasteiger partial charge in [-0.3, -0.25) is 9.59 Å². The first kappa shape index (κ1) is 61.1. The number of halogens is 5. The van der Waals surface area contributed by atoms with Crippen molar-refractivity contribution in [2.45, 2.75) is 122 Å². The number of aromatic nitrogens is 12. The molecule has 67 heavy (non-hydrogen) atoms. The van der Waals surface area contributed by atoms with Gasteiger partial charge in [0, 0.05) is 43.7 Å². The number of aromatic amines is 2. The number of anilines is 1. The lowest BCUT2D eigenvalue weighted by Gasteiger charge is -2.32.